The van der Waals surface area contributed by atoms with Crippen molar-refractivity contribution in [1.29, 1.82) is 0 Å². The first-order chi connectivity index (χ1) is 15.0. The van der Waals surface area contributed by atoms with Gasteiger partial charge in [0.2, 0.25) is 0 Å². The van der Waals surface area contributed by atoms with Crippen LogP contribution in [-0.4, -0.2) is 40.4 Å². The molecule has 31 heavy (non-hydrogen) atoms. The second-order valence-corrected chi connectivity index (χ2v) is 9.09. The summed E-state index contributed by atoms with van der Waals surface area (Å²) in [5.74, 6) is 1.24. The van der Waals surface area contributed by atoms with Crippen LogP contribution >= 0.6 is 0 Å². The van der Waals surface area contributed by atoms with Crippen molar-refractivity contribution in [1.82, 2.24) is 20.9 Å². The molecule has 5 unspecified atom stereocenters. The molecule has 0 spiro atoms. The summed E-state index contributed by atoms with van der Waals surface area (Å²) in [4.78, 5) is 7.59. The monoisotopic (exact) mass is 417 g/mol. The van der Waals surface area contributed by atoms with Gasteiger partial charge in [-0.15, -0.1) is 0 Å². The van der Waals surface area contributed by atoms with Gasteiger partial charge in [-0.1, -0.05) is 41.6 Å². The Hall–Kier alpha value is -2.70. The molecule has 2 N–H and O–H groups in total. The van der Waals surface area contributed by atoms with Gasteiger partial charge in [-0.3, -0.25) is 15.8 Å². The van der Waals surface area contributed by atoms with Gasteiger partial charge in [-0.05, 0) is 45.8 Å². The molecule has 1 aromatic carbocycles. The lowest BCUT2D eigenvalue weighted by molar-refractivity contribution is 0.260. The van der Waals surface area contributed by atoms with Gasteiger partial charge in [0, 0.05) is 41.6 Å². The van der Waals surface area contributed by atoms with E-state index in [1.807, 2.05) is 20.1 Å². The molecule has 6 heteroatoms. The fraction of sp³-hybridized carbons (Fsp3) is 0.440. The SMILES string of the molecule is Cc1noc(C)c1C1=CC2C(N=C1)C(C1C(C)NNC1C)=CN2C(C)c1ccccc1. The maximum Gasteiger partial charge on any atom is 0.141 e. The average molecular weight is 418 g/mol. The van der Waals surface area contributed by atoms with Gasteiger partial charge in [0.25, 0.3) is 0 Å². The van der Waals surface area contributed by atoms with Crippen LogP contribution in [-0.2, 0) is 0 Å². The Kier molecular flexibility index (Phi) is 5.07. The maximum absolute atomic E-state index is 5.44. The predicted octanol–water partition coefficient (Wildman–Crippen LogP) is 3.96. The fourth-order valence-corrected chi connectivity index (χ4v) is 5.49. The molecule has 1 fully saturated rings. The van der Waals surface area contributed by atoms with Crippen molar-refractivity contribution in [2.24, 2.45) is 10.9 Å². The minimum Gasteiger partial charge on any atom is -0.362 e. The number of aryl methyl sites for hydroxylation is 2. The van der Waals surface area contributed by atoms with E-state index in [-0.39, 0.29) is 18.1 Å². The number of fused-ring (bicyclic) bond motifs is 1. The highest BCUT2D eigenvalue weighted by Crippen LogP contribution is 2.42. The molecule has 3 aliphatic heterocycles. The largest absolute Gasteiger partial charge is 0.362 e. The first-order valence-electron chi connectivity index (χ1n) is 11.2. The molecule has 6 nitrogen and oxygen atoms in total. The van der Waals surface area contributed by atoms with E-state index in [2.05, 4.69) is 84.3 Å². The molecule has 3 aliphatic rings. The number of aromatic nitrogens is 1. The molecule has 5 rings (SSSR count). The summed E-state index contributed by atoms with van der Waals surface area (Å²) in [6.07, 6.45) is 6.76. The molecule has 0 aliphatic carbocycles. The third-order valence-electron chi connectivity index (χ3n) is 7.08. The number of rotatable bonds is 4. The number of nitrogens with zero attached hydrogens (tertiary/aromatic N) is 3. The molecule has 0 saturated carbocycles. The van der Waals surface area contributed by atoms with Crippen molar-refractivity contribution in [3.63, 3.8) is 0 Å². The highest BCUT2D eigenvalue weighted by atomic mass is 16.5. The van der Waals surface area contributed by atoms with Gasteiger partial charge < -0.3 is 9.42 Å². The molecule has 0 bridgehead atoms. The summed E-state index contributed by atoms with van der Waals surface area (Å²) in [6, 6.07) is 12.0. The number of aliphatic imine (C=N–C) groups is 1. The lowest BCUT2D eigenvalue weighted by Gasteiger charge is -2.34. The van der Waals surface area contributed by atoms with E-state index >= 15 is 0 Å². The molecule has 1 aromatic heterocycles. The highest BCUT2D eigenvalue weighted by Gasteiger charge is 2.45. The fourth-order valence-electron chi connectivity index (χ4n) is 5.49. The van der Waals surface area contributed by atoms with E-state index in [4.69, 9.17) is 9.52 Å². The van der Waals surface area contributed by atoms with Crippen LogP contribution < -0.4 is 10.9 Å². The molecular weight excluding hydrogens is 386 g/mol. The van der Waals surface area contributed by atoms with Crippen LogP contribution in [0.4, 0.5) is 0 Å². The maximum atomic E-state index is 5.44. The Labute approximate surface area is 184 Å². The van der Waals surface area contributed by atoms with Crippen LogP contribution in [0.1, 0.15) is 49.4 Å². The molecule has 2 aromatic rings. The first-order valence-corrected chi connectivity index (χ1v) is 11.2. The van der Waals surface area contributed by atoms with Crippen molar-refractivity contribution >= 4 is 11.8 Å². The van der Waals surface area contributed by atoms with Crippen LogP contribution in [0.2, 0.25) is 0 Å². The van der Waals surface area contributed by atoms with Crippen molar-refractivity contribution in [2.75, 3.05) is 0 Å². The van der Waals surface area contributed by atoms with Crippen LogP contribution in [0.5, 0.6) is 0 Å². The van der Waals surface area contributed by atoms with Gasteiger partial charge in [-0.2, -0.15) is 0 Å². The Balaban J connectivity index is 1.56. The molecule has 0 amide bonds. The van der Waals surface area contributed by atoms with Gasteiger partial charge in [0.05, 0.1) is 23.8 Å². The molecule has 0 radical (unpaired) electrons. The quantitative estimate of drug-likeness (QED) is 0.788. The molecular formula is C25H31N5O. The third-order valence-corrected chi connectivity index (χ3v) is 7.08. The van der Waals surface area contributed by atoms with Crippen molar-refractivity contribution < 1.29 is 4.52 Å². The number of hydrogen-bond donors (Lipinski definition) is 2. The minimum atomic E-state index is 0.118. The smallest absolute Gasteiger partial charge is 0.141 e. The number of benzene rings is 1. The van der Waals surface area contributed by atoms with E-state index < -0.39 is 0 Å². The van der Waals surface area contributed by atoms with E-state index in [0.29, 0.717) is 18.0 Å². The zero-order chi connectivity index (χ0) is 21.7. The second-order valence-electron chi connectivity index (χ2n) is 9.09. The summed E-state index contributed by atoms with van der Waals surface area (Å²) in [5, 5.41) is 4.16. The lowest BCUT2D eigenvalue weighted by atomic mass is 9.83. The van der Waals surface area contributed by atoms with Crippen LogP contribution in [0, 0.1) is 19.8 Å². The molecule has 5 atom stereocenters. The topological polar surface area (TPSA) is 65.7 Å². The highest BCUT2D eigenvalue weighted by molar-refractivity contribution is 6.11. The van der Waals surface area contributed by atoms with Crippen LogP contribution in [0.15, 0.2) is 57.7 Å². The van der Waals surface area contributed by atoms with Gasteiger partial charge >= 0.3 is 0 Å². The zero-order valence-corrected chi connectivity index (χ0v) is 18.8. The Bertz CT molecular complexity index is 1020. The standard InChI is InChI=1S/C25H31N5O/c1-14-23(15(2)28-27-14)21-13-30(17(4)19-9-7-6-8-10-19)22-11-20(12-26-25(21)22)24-16(3)29-31-18(24)5/h6-15,17,22-23,25,27-28H,1-5H3. The number of hydrazine groups is 1. The third kappa shape index (κ3) is 3.34. The van der Waals surface area contributed by atoms with Gasteiger partial charge in [0.1, 0.15) is 5.76 Å². The summed E-state index contributed by atoms with van der Waals surface area (Å²) in [6.45, 7) is 10.7. The molecule has 162 valence electrons. The number of dihydropyridines is 1. The van der Waals surface area contributed by atoms with E-state index in [9.17, 15) is 0 Å². The van der Waals surface area contributed by atoms with Crippen molar-refractivity contribution in [3.8, 4) is 0 Å². The zero-order valence-electron chi connectivity index (χ0n) is 18.8. The normalized spacial score (nSPS) is 30.9. The number of nitrogens with one attached hydrogen (secondary N) is 2. The second kappa shape index (κ2) is 7.77. The van der Waals surface area contributed by atoms with Crippen molar-refractivity contribution in [2.45, 2.75) is 64.8 Å². The summed E-state index contributed by atoms with van der Waals surface area (Å²) >= 11 is 0. The van der Waals surface area contributed by atoms with Gasteiger partial charge in [0.15, 0.2) is 0 Å². The Morgan fingerprint density at radius 3 is 2.42 bits per heavy atom. The van der Waals surface area contributed by atoms with Crippen molar-refractivity contribution in [3.05, 3.63) is 70.8 Å². The molecule has 4 heterocycles. The lowest BCUT2D eigenvalue weighted by Crippen LogP contribution is -2.38. The van der Waals surface area contributed by atoms with Gasteiger partial charge in [-0.25, -0.2) is 0 Å². The summed E-state index contributed by atoms with van der Waals surface area (Å²) in [7, 11) is 0. The Morgan fingerprint density at radius 2 is 1.77 bits per heavy atom. The number of allylic oxidation sites excluding steroid dienone is 1. The van der Waals surface area contributed by atoms with E-state index in [0.717, 1.165) is 22.6 Å². The van der Waals surface area contributed by atoms with Crippen LogP contribution in [0.25, 0.3) is 5.57 Å². The molecule has 1 saturated heterocycles. The summed E-state index contributed by atoms with van der Waals surface area (Å²) < 4.78 is 5.44. The minimum absolute atomic E-state index is 0.118. The van der Waals surface area contributed by atoms with Crippen LogP contribution in [0.3, 0.4) is 0 Å². The predicted molar refractivity (Wildman–Crippen MR) is 123 cm³/mol. The number of hydrogen-bond acceptors (Lipinski definition) is 6. The van der Waals surface area contributed by atoms with E-state index in [1.54, 1.807) is 0 Å². The first kappa shape index (κ1) is 20.2. The Morgan fingerprint density at radius 1 is 1.06 bits per heavy atom. The average Bonchev–Trinajstić information content (AvgIpc) is 3.42. The van der Waals surface area contributed by atoms with E-state index in [1.165, 1.54) is 11.1 Å². The summed E-state index contributed by atoms with van der Waals surface area (Å²) in [5.41, 5.74) is 12.6.